The molecule has 0 bridgehead atoms. The van der Waals surface area contributed by atoms with E-state index in [1.54, 1.807) is 0 Å². The Morgan fingerprint density at radius 3 is 2.78 bits per heavy atom. The second kappa shape index (κ2) is 10.7. The average Bonchev–Trinajstić information content (AvgIpc) is 3.52. The van der Waals surface area contributed by atoms with Crippen molar-refractivity contribution in [3.63, 3.8) is 0 Å². The summed E-state index contributed by atoms with van der Waals surface area (Å²) in [5.74, 6) is 0.809. The van der Waals surface area contributed by atoms with Crippen LogP contribution in [0.25, 0.3) is 11.0 Å². The van der Waals surface area contributed by atoms with Gasteiger partial charge >= 0.3 is 0 Å². The van der Waals surface area contributed by atoms with Crippen molar-refractivity contribution >= 4 is 56.8 Å². The lowest BCUT2D eigenvalue weighted by Gasteiger charge is -2.22. The van der Waals surface area contributed by atoms with Crippen LogP contribution in [-0.2, 0) is 9.59 Å². The maximum absolute atomic E-state index is 13.0. The quantitative estimate of drug-likeness (QED) is 0.305. The number of benzene rings is 2. The van der Waals surface area contributed by atoms with Gasteiger partial charge < -0.3 is 25.7 Å². The molecule has 2 amide bonds. The van der Waals surface area contributed by atoms with Crippen LogP contribution in [0.1, 0.15) is 18.4 Å². The maximum atomic E-state index is 13.0. The number of aliphatic imine (C=N–C) groups is 1. The number of aromatic nitrogens is 2. The number of hydrogen-bond donors (Lipinski definition) is 5. The molecule has 36 heavy (non-hydrogen) atoms. The van der Waals surface area contributed by atoms with Gasteiger partial charge in [-0.2, -0.15) is 0 Å². The minimum atomic E-state index is -0.914. The third kappa shape index (κ3) is 5.52. The van der Waals surface area contributed by atoms with Gasteiger partial charge in [-0.1, -0.05) is 22.0 Å². The van der Waals surface area contributed by atoms with Crippen LogP contribution in [0.15, 0.2) is 45.9 Å². The zero-order valence-electron chi connectivity index (χ0n) is 19.8. The molecule has 0 radical (unpaired) electrons. The fourth-order valence-electron chi connectivity index (χ4n) is 4.35. The summed E-state index contributed by atoms with van der Waals surface area (Å²) in [4.78, 5) is 37.6. The summed E-state index contributed by atoms with van der Waals surface area (Å²) in [6, 6.07) is 9.44. The number of imidazole rings is 1. The molecule has 3 heterocycles. The van der Waals surface area contributed by atoms with E-state index in [1.165, 1.54) is 6.34 Å². The monoisotopic (exact) mass is 553 g/mol. The van der Waals surface area contributed by atoms with E-state index in [4.69, 9.17) is 4.74 Å². The molecule has 2 unspecified atom stereocenters. The predicted molar refractivity (Wildman–Crippen MR) is 143 cm³/mol. The van der Waals surface area contributed by atoms with Gasteiger partial charge in [-0.15, -0.1) is 0 Å². The van der Waals surface area contributed by atoms with Gasteiger partial charge in [0.05, 0.1) is 24.0 Å². The first-order chi connectivity index (χ1) is 17.5. The Morgan fingerprint density at radius 2 is 1.94 bits per heavy atom. The molecule has 188 valence electrons. The number of fused-ring (bicyclic) bond motifs is 1. The lowest BCUT2D eigenvalue weighted by molar-refractivity contribution is -0.123. The minimum Gasteiger partial charge on any atom is -0.493 e. The number of nitrogens with zero attached hydrogens (tertiary/aromatic N) is 2. The summed E-state index contributed by atoms with van der Waals surface area (Å²) in [6.07, 6.45) is 3.61. The number of piperidine rings is 1. The number of carbonyl (C=O) groups excluding carboxylic acids is 2. The van der Waals surface area contributed by atoms with Crippen molar-refractivity contribution in [2.24, 2.45) is 10.9 Å². The SMILES string of the molecule is Cc1ccc(Br)cc1NC(=O)C1N=CNC1C(=O)Nc1nc2ccc(OCC3CCNCC3)cc2[nH]1. The number of rotatable bonds is 7. The highest BCUT2D eigenvalue weighted by molar-refractivity contribution is 9.10. The average molecular weight is 554 g/mol. The van der Waals surface area contributed by atoms with Crippen LogP contribution in [-0.4, -0.2) is 59.9 Å². The lowest BCUT2D eigenvalue weighted by atomic mass is 9.99. The summed E-state index contributed by atoms with van der Waals surface area (Å²) in [5, 5.41) is 11.9. The van der Waals surface area contributed by atoms with Crippen molar-refractivity contribution in [1.29, 1.82) is 0 Å². The highest BCUT2D eigenvalue weighted by atomic mass is 79.9. The van der Waals surface area contributed by atoms with Crippen LogP contribution in [0, 0.1) is 12.8 Å². The van der Waals surface area contributed by atoms with E-state index in [0.29, 0.717) is 29.7 Å². The molecule has 3 aromatic rings. The van der Waals surface area contributed by atoms with Crippen LogP contribution in [0.3, 0.4) is 0 Å². The van der Waals surface area contributed by atoms with Crippen molar-refractivity contribution < 1.29 is 14.3 Å². The summed E-state index contributed by atoms with van der Waals surface area (Å²) in [5.41, 5.74) is 3.02. The van der Waals surface area contributed by atoms with E-state index in [9.17, 15) is 9.59 Å². The van der Waals surface area contributed by atoms with Gasteiger partial charge in [-0.05, 0) is 68.6 Å². The van der Waals surface area contributed by atoms with E-state index in [2.05, 4.69) is 52.2 Å². The molecule has 5 rings (SSSR count). The topological polar surface area (TPSA) is 133 Å². The van der Waals surface area contributed by atoms with Gasteiger partial charge in [0.15, 0.2) is 6.04 Å². The number of aromatic amines is 1. The van der Waals surface area contributed by atoms with Crippen LogP contribution in [0.2, 0.25) is 0 Å². The molecular formula is C25H28BrN7O3. The molecule has 2 aliphatic rings. The maximum Gasteiger partial charge on any atom is 0.252 e. The lowest BCUT2D eigenvalue weighted by Crippen LogP contribution is -2.48. The number of H-pyrrole nitrogens is 1. The van der Waals surface area contributed by atoms with Crippen molar-refractivity contribution in [3.8, 4) is 5.75 Å². The zero-order chi connectivity index (χ0) is 25.1. The van der Waals surface area contributed by atoms with E-state index < -0.39 is 18.0 Å². The summed E-state index contributed by atoms with van der Waals surface area (Å²) < 4.78 is 6.84. The normalized spacial score (nSPS) is 19.7. The van der Waals surface area contributed by atoms with Crippen molar-refractivity contribution in [2.75, 3.05) is 30.3 Å². The second-order valence-corrected chi connectivity index (χ2v) is 9.99. The fourth-order valence-corrected chi connectivity index (χ4v) is 4.71. The van der Waals surface area contributed by atoms with E-state index in [1.807, 2.05) is 43.3 Å². The molecule has 10 nitrogen and oxygen atoms in total. The molecule has 2 aromatic carbocycles. The van der Waals surface area contributed by atoms with E-state index in [0.717, 1.165) is 47.2 Å². The van der Waals surface area contributed by atoms with Gasteiger partial charge in [0.25, 0.3) is 11.8 Å². The number of nitrogens with one attached hydrogen (secondary N) is 5. The predicted octanol–water partition coefficient (Wildman–Crippen LogP) is 2.96. The first kappa shape index (κ1) is 24.3. The number of hydrogen-bond acceptors (Lipinski definition) is 7. The van der Waals surface area contributed by atoms with Crippen LogP contribution < -0.4 is 26.0 Å². The number of amides is 2. The van der Waals surface area contributed by atoms with Crippen LogP contribution >= 0.6 is 15.9 Å². The van der Waals surface area contributed by atoms with Crippen LogP contribution in [0.5, 0.6) is 5.75 Å². The molecule has 0 aliphatic carbocycles. The van der Waals surface area contributed by atoms with E-state index in [-0.39, 0.29) is 5.91 Å². The van der Waals surface area contributed by atoms with Gasteiger partial charge in [0.1, 0.15) is 11.8 Å². The molecule has 0 spiro atoms. The highest BCUT2D eigenvalue weighted by Gasteiger charge is 2.36. The molecule has 2 atom stereocenters. The molecule has 5 N–H and O–H groups in total. The Hall–Kier alpha value is -3.44. The molecule has 0 saturated carbocycles. The van der Waals surface area contributed by atoms with Gasteiger partial charge in [0.2, 0.25) is 5.95 Å². The zero-order valence-corrected chi connectivity index (χ0v) is 21.4. The number of carbonyl (C=O) groups is 2. The van der Waals surface area contributed by atoms with Crippen molar-refractivity contribution in [2.45, 2.75) is 31.8 Å². The largest absolute Gasteiger partial charge is 0.493 e. The molecule has 1 aromatic heterocycles. The fraction of sp³-hybridized carbons (Fsp3) is 0.360. The number of halogens is 1. The Balaban J connectivity index is 1.21. The molecule has 2 aliphatic heterocycles. The summed E-state index contributed by atoms with van der Waals surface area (Å²) in [6.45, 7) is 4.64. The summed E-state index contributed by atoms with van der Waals surface area (Å²) >= 11 is 3.41. The Kier molecular flexibility index (Phi) is 7.19. The van der Waals surface area contributed by atoms with Gasteiger partial charge in [-0.25, -0.2) is 4.98 Å². The van der Waals surface area contributed by atoms with Crippen molar-refractivity contribution in [1.82, 2.24) is 20.6 Å². The van der Waals surface area contributed by atoms with Gasteiger partial charge in [-0.3, -0.25) is 19.9 Å². The minimum absolute atomic E-state index is 0.293. The third-order valence-electron chi connectivity index (χ3n) is 6.45. The number of aryl methyl sites for hydroxylation is 1. The summed E-state index contributed by atoms with van der Waals surface area (Å²) in [7, 11) is 0. The molecule has 1 saturated heterocycles. The standard InChI is InChI=1S/C25H28BrN7O3/c1-14-2-3-16(26)10-19(14)30-23(34)21-22(29-13-28-21)24(35)33-25-31-18-5-4-17(11-20(18)32-25)36-12-15-6-8-27-9-7-15/h2-5,10-11,13,15,21-22,27H,6-9,12H2,1H3,(H,28,29)(H,30,34)(H2,31,32,33,35). The van der Waals surface area contributed by atoms with Crippen LogP contribution in [0.4, 0.5) is 11.6 Å². The molecular weight excluding hydrogens is 526 g/mol. The Morgan fingerprint density at radius 1 is 1.11 bits per heavy atom. The number of ether oxygens (including phenoxy) is 1. The smallest absolute Gasteiger partial charge is 0.252 e. The van der Waals surface area contributed by atoms with Crippen molar-refractivity contribution in [3.05, 3.63) is 46.4 Å². The van der Waals surface area contributed by atoms with Gasteiger partial charge in [0, 0.05) is 16.2 Å². The number of anilines is 2. The van der Waals surface area contributed by atoms with E-state index >= 15 is 0 Å². The Labute approximate surface area is 216 Å². The first-order valence-electron chi connectivity index (χ1n) is 11.9. The Bertz CT molecular complexity index is 1300. The highest BCUT2D eigenvalue weighted by Crippen LogP contribution is 2.24. The molecule has 1 fully saturated rings. The first-order valence-corrected chi connectivity index (χ1v) is 12.7. The third-order valence-corrected chi connectivity index (χ3v) is 6.95. The second-order valence-electron chi connectivity index (χ2n) is 9.07. The molecule has 11 heteroatoms.